The molecule has 0 fully saturated rings. The van der Waals surface area contributed by atoms with E-state index in [2.05, 4.69) is 5.32 Å². The van der Waals surface area contributed by atoms with E-state index >= 15 is 0 Å². The molecule has 0 unspecified atom stereocenters. The van der Waals surface area contributed by atoms with Gasteiger partial charge in [-0.1, -0.05) is 38.1 Å². The average Bonchev–Trinajstić information content (AvgIpc) is 2.87. The third kappa shape index (κ3) is 7.86. The fourth-order valence-corrected chi connectivity index (χ4v) is 5.15. The second kappa shape index (κ2) is 13.0. The molecule has 1 aliphatic rings. The molecule has 0 aromatic heterocycles. The van der Waals surface area contributed by atoms with Crippen LogP contribution in [0.5, 0.6) is 11.5 Å². The molecule has 2 aromatic carbocycles. The average molecular weight is 546 g/mol. The van der Waals surface area contributed by atoms with Gasteiger partial charge in [0.25, 0.3) is 0 Å². The number of hydrogen-bond donors (Lipinski definition) is 1. The fraction of sp³-hybridized carbons (Fsp3) is 0.500. The maximum atomic E-state index is 13.4. The Morgan fingerprint density at radius 3 is 2.37 bits per heavy atom. The Hall–Kier alpha value is -3.27. The predicted octanol–water partition coefficient (Wildman–Crippen LogP) is 3.50. The largest absolute Gasteiger partial charge is 0.486 e. The Balaban J connectivity index is 1.73. The summed E-state index contributed by atoms with van der Waals surface area (Å²) in [6.45, 7) is 9.47. The van der Waals surface area contributed by atoms with Gasteiger partial charge in [-0.15, -0.1) is 0 Å². The monoisotopic (exact) mass is 545 g/mol. The van der Waals surface area contributed by atoms with Crippen molar-refractivity contribution in [3.05, 3.63) is 53.6 Å². The van der Waals surface area contributed by atoms with Crippen molar-refractivity contribution < 1.29 is 27.5 Å². The van der Waals surface area contributed by atoms with Gasteiger partial charge in [-0.05, 0) is 49.4 Å². The lowest BCUT2D eigenvalue weighted by atomic mass is 10.1. The van der Waals surface area contributed by atoms with Gasteiger partial charge in [0.1, 0.15) is 19.3 Å². The van der Waals surface area contributed by atoms with Crippen molar-refractivity contribution in [1.29, 1.82) is 0 Å². The minimum Gasteiger partial charge on any atom is -0.486 e. The second-order valence-electron chi connectivity index (χ2n) is 10.0. The molecule has 1 heterocycles. The lowest BCUT2D eigenvalue weighted by molar-refractivity contribution is -0.140. The van der Waals surface area contributed by atoms with Crippen molar-refractivity contribution in [2.75, 3.05) is 36.9 Å². The number of ether oxygens (including phenoxy) is 2. The van der Waals surface area contributed by atoms with Crippen molar-refractivity contribution >= 4 is 27.5 Å². The molecule has 2 aromatic rings. The van der Waals surface area contributed by atoms with Gasteiger partial charge in [0.2, 0.25) is 21.8 Å². The van der Waals surface area contributed by atoms with Gasteiger partial charge < -0.3 is 19.7 Å². The molecule has 3 rings (SSSR count). The van der Waals surface area contributed by atoms with Crippen molar-refractivity contribution in [3.8, 4) is 11.5 Å². The number of carbonyl (C=O) groups is 2. The van der Waals surface area contributed by atoms with Crippen molar-refractivity contribution in [2.45, 2.75) is 53.1 Å². The van der Waals surface area contributed by atoms with E-state index in [-0.39, 0.29) is 37.1 Å². The molecule has 0 spiro atoms. The first-order chi connectivity index (χ1) is 18.0. The van der Waals surface area contributed by atoms with Crippen LogP contribution >= 0.6 is 0 Å². The summed E-state index contributed by atoms with van der Waals surface area (Å²) in [4.78, 5) is 27.9. The van der Waals surface area contributed by atoms with E-state index in [4.69, 9.17) is 9.47 Å². The van der Waals surface area contributed by atoms with E-state index in [0.717, 1.165) is 17.4 Å². The van der Waals surface area contributed by atoms with Crippen LogP contribution < -0.4 is 19.1 Å². The third-order valence-electron chi connectivity index (χ3n) is 6.42. The lowest BCUT2D eigenvalue weighted by Crippen LogP contribution is -2.48. The first-order valence-corrected chi connectivity index (χ1v) is 14.8. The van der Waals surface area contributed by atoms with Crippen LogP contribution in [0.4, 0.5) is 5.69 Å². The molecule has 10 heteroatoms. The summed E-state index contributed by atoms with van der Waals surface area (Å²) in [5.41, 5.74) is 2.43. The number of nitrogens with one attached hydrogen (secondary N) is 1. The highest BCUT2D eigenvalue weighted by Crippen LogP contribution is 2.34. The number of aryl methyl sites for hydroxylation is 1. The first-order valence-electron chi connectivity index (χ1n) is 13.0. The summed E-state index contributed by atoms with van der Waals surface area (Å²) in [6, 6.07) is 12.1. The Morgan fingerprint density at radius 2 is 1.71 bits per heavy atom. The fourth-order valence-electron chi connectivity index (χ4n) is 4.20. The quantitative estimate of drug-likeness (QED) is 0.438. The van der Waals surface area contributed by atoms with E-state index in [0.29, 0.717) is 43.5 Å². The van der Waals surface area contributed by atoms with Crippen molar-refractivity contribution in [2.24, 2.45) is 5.92 Å². The molecule has 1 aliphatic heterocycles. The number of benzene rings is 2. The summed E-state index contributed by atoms with van der Waals surface area (Å²) in [7, 11) is -3.61. The van der Waals surface area contributed by atoms with Crippen LogP contribution in [0.1, 0.15) is 44.7 Å². The van der Waals surface area contributed by atoms with Gasteiger partial charge in [-0.3, -0.25) is 13.9 Å². The van der Waals surface area contributed by atoms with Gasteiger partial charge in [0.05, 0.1) is 11.9 Å². The molecule has 0 radical (unpaired) electrons. The number of anilines is 1. The zero-order valence-corrected chi connectivity index (χ0v) is 23.7. The molecule has 0 saturated carbocycles. The maximum absolute atomic E-state index is 13.4. The Morgan fingerprint density at radius 1 is 1.03 bits per heavy atom. The van der Waals surface area contributed by atoms with Crippen LogP contribution in [0, 0.1) is 12.8 Å². The maximum Gasteiger partial charge on any atom is 0.242 e. The van der Waals surface area contributed by atoms with Crippen LogP contribution in [0.3, 0.4) is 0 Å². The zero-order chi connectivity index (χ0) is 27.9. The molecule has 1 N–H and O–H groups in total. The summed E-state index contributed by atoms with van der Waals surface area (Å²) in [6.07, 6.45) is 1.51. The highest BCUT2D eigenvalue weighted by molar-refractivity contribution is 7.92. The third-order valence-corrected chi connectivity index (χ3v) is 7.61. The van der Waals surface area contributed by atoms with E-state index in [1.165, 1.54) is 4.31 Å². The van der Waals surface area contributed by atoms with Crippen molar-refractivity contribution in [3.63, 3.8) is 0 Å². The van der Waals surface area contributed by atoms with E-state index in [9.17, 15) is 18.0 Å². The molecule has 9 nitrogen and oxygen atoms in total. The number of fused-ring (bicyclic) bond motifs is 1. The Kier molecular flexibility index (Phi) is 10.0. The molecule has 208 valence electrons. The molecule has 2 amide bonds. The molecular formula is C28H39N3O6S. The highest BCUT2D eigenvalue weighted by atomic mass is 32.2. The standard InChI is InChI=1S/C28H39N3O6S/c1-20(2)18-29-28(33)22(4)30(19-23-10-7-6-9-21(23)3)27(32)11-8-14-31(38(5,34)35)24-12-13-25-26(17-24)37-16-15-36-25/h6-7,9-10,12-13,17,20,22H,8,11,14-16,18-19H2,1-5H3,(H,29,33)/t22-/m0/s1. The number of sulfonamides is 1. The number of carbonyl (C=O) groups excluding carboxylic acids is 2. The van der Waals surface area contributed by atoms with Crippen LogP contribution in [0.15, 0.2) is 42.5 Å². The van der Waals surface area contributed by atoms with Crippen molar-refractivity contribution in [1.82, 2.24) is 10.2 Å². The van der Waals surface area contributed by atoms with Gasteiger partial charge in [0.15, 0.2) is 11.5 Å². The summed E-state index contributed by atoms with van der Waals surface area (Å²) in [5.74, 6) is 0.921. The van der Waals surface area contributed by atoms with Crippen LogP contribution in [0.25, 0.3) is 0 Å². The minimum atomic E-state index is -3.61. The van der Waals surface area contributed by atoms with E-state index in [1.54, 1.807) is 30.0 Å². The Bertz CT molecular complexity index is 1230. The molecular weight excluding hydrogens is 506 g/mol. The highest BCUT2D eigenvalue weighted by Gasteiger charge is 2.27. The van der Waals surface area contributed by atoms with Crippen LogP contribution in [-0.2, 0) is 26.2 Å². The number of hydrogen-bond acceptors (Lipinski definition) is 6. The predicted molar refractivity (Wildman–Crippen MR) is 148 cm³/mol. The number of amides is 2. The van der Waals surface area contributed by atoms with Crippen LogP contribution in [0.2, 0.25) is 0 Å². The number of rotatable bonds is 12. The summed E-state index contributed by atoms with van der Waals surface area (Å²) in [5, 5.41) is 2.92. The van der Waals surface area contributed by atoms with Gasteiger partial charge >= 0.3 is 0 Å². The SMILES string of the molecule is Cc1ccccc1CN(C(=O)CCCN(c1ccc2c(c1)OCCO2)S(C)(=O)=O)[C@@H](C)C(=O)NCC(C)C. The molecule has 1 atom stereocenters. The topological polar surface area (TPSA) is 105 Å². The zero-order valence-electron chi connectivity index (χ0n) is 22.9. The normalized spacial score (nSPS) is 13.6. The first kappa shape index (κ1) is 29.3. The lowest BCUT2D eigenvalue weighted by Gasteiger charge is -2.30. The van der Waals surface area contributed by atoms with Crippen LogP contribution in [-0.4, -0.2) is 63.7 Å². The molecule has 0 saturated heterocycles. The molecule has 38 heavy (non-hydrogen) atoms. The van der Waals surface area contributed by atoms with Gasteiger partial charge in [-0.2, -0.15) is 0 Å². The smallest absolute Gasteiger partial charge is 0.242 e. The molecule has 0 bridgehead atoms. The second-order valence-corrected chi connectivity index (χ2v) is 11.9. The van der Waals surface area contributed by atoms with E-state index < -0.39 is 16.1 Å². The van der Waals surface area contributed by atoms with Gasteiger partial charge in [-0.25, -0.2) is 8.42 Å². The minimum absolute atomic E-state index is 0.0876. The number of nitrogens with zero attached hydrogens (tertiary/aromatic N) is 2. The van der Waals surface area contributed by atoms with Gasteiger partial charge in [0, 0.05) is 32.1 Å². The Labute approximate surface area is 226 Å². The summed E-state index contributed by atoms with van der Waals surface area (Å²) >= 11 is 0. The van der Waals surface area contributed by atoms with E-state index in [1.807, 2.05) is 45.0 Å². The molecule has 0 aliphatic carbocycles. The summed E-state index contributed by atoms with van der Waals surface area (Å²) < 4.78 is 37.6.